The van der Waals surface area contributed by atoms with Crippen LogP contribution < -0.4 is 5.32 Å². The number of nitrogens with zero attached hydrogens (tertiary/aromatic N) is 3. The van der Waals surface area contributed by atoms with Crippen molar-refractivity contribution in [2.24, 2.45) is 10.9 Å². The van der Waals surface area contributed by atoms with Crippen LogP contribution in [0.2, 0.25) is 0 Å². The number of aliphatic hydroxyl groups excluding tert-OH is 2. The van der Waals surface area contributed by atoms with Crippen molar-refractivity contribution in [3.05, 3.63) is 12.0 Å². The Balaban J connectivity index is 1.87. The largest absolute Gasteiger partial charge is 0.390 e. The summed E-state index contributed by atoms with van der Waals surface area (Å²) in [6.07, 6.45) is 2.05. The van der Waals surface area contributed by atoms with Gasteiger partial charge in [0, 0.05) is 6.42 Å². The van der Waals surface area contributed by atoms with Crippen LogP contribution in [0.15, 0.2) is 11.3 Å². The van der Waals surface area contributed by atoms with E-state index < -0.39 is 12.2 Å². The van der Waals surface area contributed by atoms with E-state index in [4.69, 9.17) is 4.74 Å². The van der Waals surface area contributed by atoms with E-state index in [2.05, 4.69) is 15.3 Å². The fourth-order valence-electron chi connectivity index (χ4n) is 2.78. The van der Waals surface area contributed by atoms with Gasteiger partial charge >= 0.3 is 0 Å². The van der Waals surface area contributed by atoms with Gasteiger partial charge in [-0.1, -0.05) is 13.8 Å². The van der Waals surface area contributed by atoms with Crippen molar-refractivity contribution < 1.29 is 14.9 Å². The molecule has 1 saturated heterocycles. The first kappa shape index (κ1) is 13.5. The summed E-state index contributed by atoms with van der Waals surface area (Å²) in [6.45, 7) is 4.35. The van der Waals surface area contributed by atoms with E-state index in [0.717, 1.165) is 0 Å². The molecule has 0 bridgehead atoms. The lowest BCUT2D eigenvalue weighted by Gasteiger charge is -2.19. The molecule has 0 aliphatic carbocycles. The Bertz CT molecular complexity index is 514. The van der Waals surface area contributed by atoms with Crippen LogP contribution in [-0.4, -0.2) is 44.9 Å². The molecule has 1 aromatic rings. The number of ether oxygens (including phenoxy) is 1. The molecule has 2 aliphatic heterocycles. The molecule has 20 heavy (non-hydrogen) atoms. The summed E-state index contributed by atoms with van der Waals surface area (Å²) in [4.78, 5) is 8.28. The van der Waals surface area contributed by atoms with Crippen molar-refractivity contribution in [2.75, 3.05) is 11.9 Å². The molecule has 1 aromatic heterocycles. The molecule has 4 atom stereocenters. The van der Waals surface area contributed by atoms with E-state index in [0.29, 0.717) is 24.5 Å². The monoisotopic (exact) mass is 280 g/mol. The molecule has 0 amide bonds. The Labute approximate surface area is 117 Å². The summed E-state index contributed by atoms with van der Waals surface area (Å²) in [5, 5.41) is 23.1. The van der Waals surface area contributed by atoms with Crippen LogP contribution in [0.25, 0.3) is 0 Å². The fourth-order valence-corrected chi connectivity index (χ4v) is 2.78. The Hall–Kier alpha value is -1.44. The van der Waals surface area contributed by atoms with E-state index >= 15 is 0 Å². The summed E-state index contributed by atoms with van der Waals surface area (Å²) in [5.74, 6) is 0.928. The van der Waals surface area contributed by atoms with Gasteiger partial charge in [-0.15, -0.1) is 0 Å². The van der Waals surface area contributed by atoms with Crippen LogP contribution in [0, 0.1) is 5.92 Å². The Morgan fingerprint density at radius 1 is 1.45 bits per heavy atom. The van der Waals surface area contributed by atoms with Crippen LogP contribution in [0.5, 0.6) is 0 Å². The molecule has 0 saturated carbocycles. The third-order valence-corrected chi connectivity index (χ3v) is 3.81. The minimum absolute atomic E-state index is 0.178. The quantitative estimate of drug-likeness (QED) is 0.740. The first-order valence-corrected chi connectivity index (χ1v) is 6.91. The first-order chi connectivity index (χ1) is 9.58. The van der Waals surface area contributed by atoms with Gasteiger partial charge in [0.25, 0.3) is 0 Å². The molecule has 3 rings (SSSR count). The number of aliphatic imine (C=N–C) groups is 1. The molecule has 110 valence electrons. The van der Waals surface area contributed by atoms with Crippen molar-refractivity contribution >= 4 is 12.2 Å². The number of anilines is 1. The number of nitrogens with one attached hydrogen (secondary N) is 1. The van der Waals surface area contributed by atoms with E-state index in [1.807, 2.05) is 18.4 Å². The summed E-state index contributed by atoms with van der Waals surface area (Å²) in [6, 6.07) is 0. The molecule has 1 fully saturated rings. The second-order valence-electron chi connectivity index (χ2n) is 5.64. The molecule has 3 N–H and O–H groups in total. The standard InChI is InChI=1S/C13H20N4O3/c1-7(2)12-8(18)3-10(20-12)17-6-16-11-9(19)4-14-5-15-13(11)17/h5-10,12,18-19H,3-4H2,1-2H3,(H,14,15)/t8-,9+,10+,12+/m0/s1. The molecule has 0 aromatic carbocycles. The molecule has 7 heteroatoms. The van der Waals surface area contributed by atoms with Gasteiger partial charge in [0.05, 0.1) is 31.4 Å². The summed E-state index contributed by atoms with van der Waals surface area (Å²) < 4.78 is 7.75. The minimum Gasteiger partial charge on any atom is -0.390 e. The maximum Gasteiger partial charge on any atom is 0.139 e. The highest BCUT2D eigenvalue weighted by Gasteiger charge is 2.38. The topological polar surface area (TPSA) is 91.9 Å². The fraction of sp³-hybridized carbons (Fsp3) is 0.692. The zero-order valence-corrected chi connectivity index (χ0v) is 11.6. The Morgan fingerprint density at radius 3 is 2.95 bits per heavy atom. The summed E-state index contributed by atoms with van der Waals surface area (Å²) >= 11 is 0. The van der Waals surface area contributed by atoms with Crippen molar-refractivity contribution in [3.8, 4) is 0 Å². The maximum absolute atomic E-state index is 10.1. The van der Waals surface area contributed by atoms with Gasteiger partial charge in [0.15, 0.2) is 0 Å². The van der Waals surface area contributed by atoms with Crippen molar-refractivity contribution in [2.45, 2.75) is 44.8 Å². The van der Waals surface area contributed by atoms with E-state index in [9.17, 15) is 10.2 Å². The molecular formula is C13H20N4O3. The van der Waals surface area contributed by atoms with Crippen molar-refractivity contribution in [1.29, 1.82) is 0 Å². The minimum atomic E-state index is -0.718. The molecule has 0 spiro atoms. The normalized spacial score (nSPS) is 33.0. The molecule has 2 aliphatic rings. The molecule has 0 unspecified atom stereocenters. The van der Waals surface area contributed by atoms with E-state index in [1.54, 1.807) is 12.7 Å². The zero-order chi connectivity index (χ0) is 14.3. The van der Waals surface area contributed by atoms with Crippen LogP contribution >= 0.6 is 0 Å². The van der Waals surface area contributed by atoms with Gasteiger partial charge in [-0.05, 0) is 5.92 Å². The van der Waals surface area contributed by atoms with Crippen LogP contribution in [0.4, 0.5) is 5.82 Å². The highest BCUT2D eigenvalue weighted by Crippen LogP contribution is 2.36. The van der Waals surface area contributed by atoms with Crippen molar-refractivity contribution in [3.63, 3.8) is 0 Å². The third kappa shape index (κ3) is 2.21. The number of fused-ring (bicyclic) bond motifs is 1. The summed E-state index contributed by atoms with van der Waals surface area (Å²) in [7, 11) is 0. The van der Waals surface area contributed by atoms with Gasteiger partial charge in [-0.2, -0.15) is 0 Å². The van der Waals surface area contributed by atoms with Crippen molar-refractivity contribution in [1.82, 2.24) is 9.55 Å². The highest BCUT2D eigenvalue weighted by atomic mass is 16.5. The second-order valence-corrected chi connectivity index (χ2v) is 5.64. The number of rotatable bonds is 2. The molecule has 7 nitrogen and oxygen atoms in total. The van der Waals surface area contributed by atoms with Crippen LogP contribution in [0.1, 0.15) is 38.3 Å². The van der Waals surface area contributed by atoms with Gasteiger partial charge in [-0.25, -0.2) is 4.98 Å². The van der Waals surface area contributed by atoms with E-state index in [1.165, 1.54) is 0 Å². The smallest absolute Gasteiger partial charge is 0.139 e. The SMILES string of the molecule is CC(C)[C@H]1O[C@@H](n2cnc3c2NC=NC[C@H]3O)C[C@@H]1O. The van der Waals surface area contributed by atoms with Gasteiger partial charge in [0.2, 0.25) is 0 Å². The number of imidazole rings is 1. The predicted octanol–water partition coefficient (Wildman–Crippen LogP) is 0.675. The third-order valence-electron chi connectivity index (χ3n) is 3.81. The highest BCUT2D eigenvalue weighted by molar-refractivity contribution is 5.76. The van der Waals surface area contributed by atoms with Gasteiger partial charge < -0.3 is 20.3 Å². The zero-order valence-electron chi connectivity index (χ0n) is 11.6. The predicted molar refractivity (Wildman–Crippen MR) is 73.5 cm³/mol. The Morgan fingerprint density at radius 2 is 2.25 bits per heavy atom. The van der Waals surface area contributed by atoms with Crippen LogP contribution in [-0.2, 0) is 4.74 Å². The summed E-state index contributed by atoms with van der Waals surface area (Å²) in [5.41, 5.74) is 0.564. The number of aromatic nitrogens is 2. The molecule has 0 radical (unpaired) electrons. The average Bonchev–Trinajstić information content (AvgIpc) is 2.93. The first-order valence-electron chi connectivity index (χ1n) is 6.91. The van der Waals surface area contributed by atoms with Gasteiger partial charge in [0.1, 0.15) is 23.8 Å². The number of aliphatic hydroxyl groups is 2. The lowest BCUT2D eigenvalue weighted by Crippen LogP contribution is -2.26. The Kier molecular flexibility index (Phi) is 3.49. The van der Waals surface area contributed by atoms with Crippen LogP contribution in [0.3, 0.4) is 0 Å². The maximum atomic E-state index is 10.1. The second kappa shape index (κ2) is 5.16. The lowest BCUT2D eigenvalue weighted by molar-refractivity contribution is -0.0407. The molecule has 3 heterocycles. The molecular weight excluding hydrogens is 260 g/mol. The van der Waals surface area contributed by atoms with E-state index in [-0.39, 0.29) is 18.2 Å². The number of hydrogen-bond donors (Lipinski definition) is 3. The number of hydrogen-bond acceptors (Lipinski definition) is 6. The lowest BCUT2D eigenvalue weighted by atomic mass is 10.0. The van der Waals surface area contributed by atoms with Gasteiger partial charge in [-0.3, -0.25) is 9.56 Å². The average molecular weight is 280 g/mol.